The summed E-state index contributed by atoms with van der Waals surface area (Å²) < 4.78 is 12.0. The molecule has 3 N–H and O–H groups in total. The second-order valence-corrected chi connectivity index (χ2v) is 6.52. The molecule has 3 rings (SSSR count). The number of benzene rings is 1. The van der Waals surface area contributed by atoms with Gasteiger partial charge in [-0.1, -0.05) is 0 Å². The molecule has 2 heterocycles. The third-order valence-corrected chi connectivity index (χ3v) is 4.44. The summed E-state index contributed by atoms with van der Waals surface area (Å²) in [5.41, 5.74) is 5.28. The van der Waals surface area contributed by atoms with Gasteiger partial charge in [-0.3, -0.25) is 4.79 Å². The zero-order valence-corrected chi connectivity index (χ0v) is 14.2. The van der Waals surface area contributed by atoms with E-state index in [9.17, 15) is 14.7 Å². The van der Waals surface area contributed by atoms with Gasteiger partial charge in [0.05, 0.1) is 24.4 Å². The topological polar surface area (TPSA) is 104 Å². The van der Waals surface area contributed by atoms with Crippen LogP contribution in [0.15, 0.2) is 41.3 Å². The van der Waals surface area contributed by atoms with Crippen LogP contribution in [0.2, 0.25) is 0 Å². The minimum atomic E-state index is -1.03. The van der Waals surface area contributed by atoms with Gasteiger partial charge in [-0.25, -0.2) is 4.79 Å². The van der Waals surface area contributed by atoms with E-state index in [1.807, 2.05) is 0 Å². The number of esters is 1. The average Bonchev–Trinajstić information content (AvgIpc) is 2.58. The van der Waals surface area contributed by atoms with Crippen LogP contribution < -0.4 is 16.0 Å². The minimum absolute atomic E-state index is 0.0738. The minimum Gasteiger partial charge on any atom is -0.485 e. The number of carbonyl (C=O) groups is 1. The molecule has 0 bridgehead atoms. The van der Waals surface area contributed by atoms with Crippen molar-refractivity contribution in [1.29, 1.82) is 0 Å². The first-order chi connectivity index (χ1) is 11.8. The van der Waals surface area contributed by atoms with Crippen molar-refractivity contribution in [1.82, 2.24) is 4.57 Å². The number of anilines is 1. The van der Waals surface area contributed by atoms with Crippen molar-refractivity contribution >= 4 is 11.7 Å². The molecule has 1 aromatic heterocycles. The quantitative estimate of drug-likeness (QED) is 0.797. The summed E-state index contributed by atoms with van der Waals surface area (Å²) in [6.07, 6.45) is 0.523. The monoisotopic (exact) mass is 344 g/mol. The van der Waals surface area contributed by atoms with E-state index < -0.39 is 29.3 Å². The molecule has 0 fully saturated rings. The molecule has 0 aliphatic carbocycles. The first-order valence-electron chi connectivity index (χ1n) is 7.82. The summed E-state index contributed by atoms with van der Waals surface area (Å²) in [7, 11) is 1.29. The maximum atomic E-state index is 12.5. The molecule has 7 nitrogen and oxygen atoms in total. The molecule has 25 heavy (non-hydrogen) atoms. The Hall–Kier alpha value is -2.80. The van der Waals surface area contributed by atoms with Crippen molar-refractivity contribution in [2.24, 2.45) is 0 Å². The van der Waals surface area contributed by atoms with Gasteiger partial charge >= 0.3 is 5.97 Å². The predicted octanol–water partition coefficient (Wildman–Crippen LogP) is 1.34. The highest BCUT2D eigenvalue weighted by Crippen LogP contribution is 2.41. The van der Waals surface area contributed by atoms with E-state index >= 15 is 0 Å². The molecule has 1 aliphatic rings. The Bertz CT molecular complexity index is 887. The van der Waals surface area contributed by atoms with Gasteiger partial charge < -0.3 is 24.9 Å². The van der Waals surface area contributed by atoms with Crippen molar-refractivity contribution in [3.63, 3.8) is 0 Å². The van der Waals surface area contributed by atoms with E-state index in [2.05, 4.69) is 0 Å². The Morgan fingerprint density at radius 1 is 1.36 bits per heavy atom. The second-order valence-electron chi connectivity index (χ2n) is 6.52. The van der Waals surface area contributed by atoms with Crippen LogP contribution in [0.3, 0.4) is 0 Å². The maximum absolute atomic E-state index is 12.5. The number of aromatic nitrogens is 1. The number of aliphatic hydroxyl groups excluding tert-OH is 1. The summed E-state index contributed by atoms with van der Waals surface area (Å²) in [5, 5.41) is 10.9. The average molecular weight is 344 g/mol. The molecule has 2 aromatic rings. The molecule has 2 atom stereocenters. The van der Waals surface area contributed by atoms with Crippen LogP contribution in [0.4, 0.5) is 5.69 Å². The lowest BCUT2D eigenvalue weighted by Crippen LogP contribution is -2.52. The number of nitrogens with zero attached hydrogens (tertiary/aromatic N) is 1. The summed E-state index contributed by atoms with van der Waals surface area (Å²) >= 11 is 0. The van der Waals surface area contributed by atoms with Crippen LogP contribution in [0, 0.1) is 0 Å². The Morgan fingerprint density at radius 3 is 2.76 bits per heavy atom. The second kappa shape index (κ2) is 5.93. The van der Waals surface area contributed by atoms with Gasteiger partial charge in [-0.05, 0) is 44.2 Å². The molecule has 132 valence electrons. The van der Waals surface area contributed by atoms with Crippen molar-refractivity contribution in [3.05, 3.63) is 58.0 Å². The normalized spacial score (nSPS) is 21.1. The van der Waals surface area contributed by atoms with Crippen LogP contribution in [-0.2, 0) is 4.74 Å². The molecule has 0 amide bonds. The number of fused-ring (bicyclic) bond motifs is 1. The number of rotatable bonds is 2. The summed E-state index contributed by atoms with van der Waals surface area (Å²) in [6, 6.07) is 7.17. The number of methoxy groups -OCH3 is 1. The molecule has 0 radical (unpaired) electrons. The molecular formula is C18H20N2O5. The predicted molar refractivity (Wildman–Crippen MR) is 91.7 cm³/mol. The number of nitrogen functional groups attached to an aromatic ring is 1. The van der Waals surface area contributed by atoms with Gasteiger partial charge in [-0.15, -0.1) is 0 Å². The summed E-state index contributed by atoms with van der Waals surface area (Å²) in [5.74, 6) is -0.0249. The van der Waals surface area contributed by atoms with E-state index in [0.29, 0.717) is 16.9 Å². The molecule has 1 aromatic carbocycles. The van der Waals surface area contributed by atoms with Gasteiger partial charge in [0.25, 0.3) is 5.56 Å². The van der Waals surface area contributed by atoms with Gasteiger partial charge in [0.2, 0.25) is 0 Å². The Labute approximate surface area is 144 Å². The highest BCUT2D eigenvalue weighted by molar-refractivity contribution is 5.89. The maximum Gasteiger partial charge on any atom is 0.337 e. The molecule has 0 saturated heterocycles. The van der Waals surface area contributed by atoms with Crippen molar-refractivity contribution in [3.8, 4) is 5.75 Å². The number of ether oxygens (including phenoxy) is 2. The van der Waals surface area contributed by atoms with Crippen LogP contribution in [-0.4, -0.2) is 34.5 Å². The van der Waals surface area contributed by atoms with E-state index in [1.54, 1.807) is 44.3 Å². The first-order valence-corrected chi connectivity index (χ1v) is 7.82. The van der Waals surface area contributed by atoms with E-state index in [1.165, 1.54) is 17.7 Å². The van der Waals surface area contributed by atoms with Crippen LogP contribution in [0.5, 0.6) is 5.75 Å². The van der Waals surface area contributed by atoms with Crippen molar-refractivity contribution in [2.45, 2.75) is 31.6 Å². The van der Waals surface area contributed by atoms with E-state index in [-0.39, 0.29) is 5.69 Å². The van der Waals surface area contributed by atoms with Crippen LogP contribution >= 0.6 is 0 Å². The number of nitrogens with two attached hydrogens (primary N) is 1. The standard InChI is InChI=1S/C18H20N2O5/c1-18(2)15(21)14(20-8-4-5-12(19)16(20)22)11-9-10(17(23)24-3)6-7-13(11)25-18/h4-9,14-15,21H,19H2,1-3H3. The largest absolute Gasteiger partial charge is 0.485 e. The van der Waals surface area contributed by atoms with Gasteiger partial charge in [0, 0.05) is 11.8 Å². The number of aliphatic hydroxyl groups is 1. The highest BCUT2D eigenvalue weighted by atomic mass is 16.5. The fourth-order valence-electron chi connectivity index (χ4n) is 3.06. The van der Waals surface area contributed by atoms with E-state index in [4.69, 9.17) is 15.2 Å². The molecule has 1 aliphatic heterocycles. The summed E-state index contributed by atoms with van der Waals surface area (Å²) in [4.78, 5) is 24.4. The Balaban J connectivity index is 2.25. The van der Waals surface area contributed by atoms with Gasteiger partial charge in [0.1, 0.15) is 17.5 Å². The molecule has 0 spiro atoms. The number of hydrogen-bond donors (Lipinski definition) is 2. The van der Waals surface area contributed by atoms with Crippen LogP contribution in [0.25, 0.3) is 0 Å². The lowest BCUT2D eigenvalue weighted by Gasteiger charge is -2.42. The smallest absolute Gasteiger partial charge is 0.337 e. The SMILES string of the molecule is COC(=O)c1ccc2c(c1)C(n1cccc(N)c1=O)C(O)C(C)(C)O2. The fourth-order valence-corrected chi connectivity index (χ4v) is 3.06. The third-order valence-electron chi connectivity index (χ3n) is 4.44. The molecule has 0 saturated carbocycles. The molecule has 7 heteroatoms. The van der Waals surface area contributed by atoms with Crippen LogP contribution in [0.1, 0.15) is 35.8 Å². The highest BCUT2D eigenvalue weighted by Gasteiger charge is 2.44. The third kappa shape index (κ3) is 2.76. The molecular weight excluding hydrogens is 324 g/mol. The summed E-state index contributed by atoms with van der Waals surface area (Å²) in [6.45, 7) is 3.47. The van der Waals surface area contributed by atoms with Crippen molar-refractivity contribution in [2.75, 3.05) is 12.8 Å². The van der Waals surface area contributed by atoms with Gasteiger partial charge in [-0.2, -0.15) is 0 Å². The number of pyridine rings is 1. The Kier molecular flexibility index (Phi) is 4.04. The molecule has 2 unspecified atom stereocenters. The van der Waals surface area contributed by atoms with Crippen molar-refractivity contribution < 1.29 is 19.4 Å². The lowest BCUT2D eigenvalue weighted by atomic mass is 9.85. The zero-order chi connectivity index (χ0) is 18.4. The lowest BCUT2D eigenvalue weighted by molar-refractivity contribution is -0.0642. The van der Waals surface area contributed by atoms with Gasteiger partial charge in [0.15, 0.2) is 0 Å². The Morgan fingerprint density at radius 2 is 2.08 bits per heavy atom. The first kappa shape index (κ1) is 17.0. The fraction of sp³-hybridized carbons (Fsp3) is 0.333. The van der Waals surface area contributed by atoms with E-state index in [0.717, 1.165) is 0 Å². The zero-order valence-electron chi connectivity index (χ0n) is 14.2. The number of carbonyl (C=O) groups excluding carboxylic acids is 1. The number of hydrogen-bond acceptors (Lipinski definition) is 6.